The van der Waals surface area contributed by atoms with E-state index < -0.39 is 30.1 Å². The smallest absolute Gasteiger partial charge is 0.367 e. The zero-order chi connectivity index (χ0) is 26.6. The number of nitrogens with zero attached hydrogens (tertiary/aromatic N) is 2. The van der Waals surface area contributed by atoms with Crippen molar-refractivity contribution in [3.63, 3.8) is 0 Å². The van der Waals surface area contributed by atoms with Gasteiger partial charge in [0, 0.05) is 37.4 Å². The van der Waals surface area contributed by atoms with Crippen molar-refractivity contribution in [3.05, 3.63) is 71.3 Å². The predicted molar refractivity (Wildman–Crippen MR) is 129 cm³/mol. The van der Waals surface area contributed by atoms with Crippen molar-refractivity contribution >= 4 is 33.6 Å². The number of benzene rings is 2. The summed E-state index contributed by atoms with van der Waals surface area (Å²) in [6, 6.07) is 10.4. The Labute approximate surface area is 213 Å². The Bertz CT molecular complexity index is 1050. The molecule has 1 heterocycles. The van der Waals surface area contributed by atoms with E-state index in [4.69, 9.17) is 4.74 Å². The quantitative estimate of drug-likeness (QED) is 0.285. The molecular formula is C25H25BrF6N2O2. The van der Waals surface area contributed by atoms with E-state index in [1.54, 1.807) is 24.0 Å². The van der Waals surface area contributed by atoms with E-state index in [0.29, 0.717) is 31.9 Å². The zero-order valence-electron chi connectivity index (χ0n) is 19.4. The third kappa shape index (κ3) is 5.72. The van der Waals surface area contributed by atoms with Crippen LogP contribution in [0.25, 0.3) is 6.08 Å². The minimum atomic E-state index is -5.78. The van der Waals surface area contributed by atoms with Crippen molar-refractivity contribution in [3.8, 4) is 0 Å². The first-order valence-electron chi connectivity index (χ1n) is 11.1. The fraction of sp³-hybridized carbons (Fsp3) is 0.400. The van der Waals surface area contributed by atoms with Crippen molar-refractivity contribution < 1.29 is 35.9 Å². The number of hydrogen-bond donors (Lipinski definition) is 0. The predicted octanol–water partition coefficient (Wildman–Crippen LogP) is 6.30. The molecule has 0 spiro atoms. The van der Waals surface area contributed by atoms with Crippen LogP contribution in [0, 0.1) is 0 Å². The highest BCUT2D eigenvalue weighted by Crippen LogP contribution is 2.54. The van der Waals surface area contributed by atoms with Gasteiger partial charge in [-0.3, -0.25) is 4.79 Å². The van der Waals surface area contributed by atoms with Crippen LogP contribution in [0.15, 0.2) is 54.6 Å². The van der Waals surface area contributed by atoms with Gasteiger partial charge in [-0.25, -0.2) is 0 Å². The van der Waals surface area contributed by atoms with Gasteiger partial charge < -0.3 is 14.5 Å². The molecule has 4 nitrogen and oxygen atoms in total. The second-order valence-electron chi connectivity index (χ2n) is 8.23. The molecule has 0 atom stereocenters. The highest BCUT2D eigenvalue weighted by atomic mass is 79.9. The molecule has 1 fully saturated rings. The Hall–Kier alpha value is -2.53. The Balaban J connectivity index is 2.03. The first-order chi connectivity index (χ1) is 16.9. The van der Waals surface area contributed by atoms with E-state index in [1.165, 1.54) is 36.4 Å². The lowest BCUT2D eigenvalue weighted by Crippen LogP contribution is -2.56. The van der Waals surface area contributed by atoms with Gasteiger partial charge in [-0.05, 0) is 30.2 Å². The number of allylic oxidation sites excluding steroid dienone is 1. The van der Waals surface area contributed by atoms with E-state index in [2.05, 4.69) is 15.9 Å². The van der Waals surface area contributed by atoms with Crippen molar-refractivity contribution in [1.29, 1.82) is 0 Å². The molecular weight excluding hydrogens is 554 g/mol. The molecule has 2 aromatic carbocycles. The first-order valence-corrected chi connectivity index (χ1v) is 12.2. The van der Waals surface area contributed by atoms with E-state index in [9.17, 15) is 31.1 Å². The lowest BCUT2D eigenvalue weighted by molar-refractivity contribution is -0.392. The van der Waals surface area contributed by atoms with Crippen LogP contribution in [0.2, 0.25) is 0 Å². The number of amides is 1. The summed E-state index contributed by atoms with van der Waals surface area (Å²) in [6.07, 6.45) is -8.56. The van der Waals surface area contributed by atoms with Gasteiger partial charge in [0.1, 0.15) is 0 Å². The second-order valence-corrected chi connectivity index (χ2v) is 8.79. The highest BCUT2D eigenvalue weighted by molar-refractivity contribution is 9.09. The van der Waals surface area contributed by atoms with Gasteiger partial charge in [-0.15, -0.1) is 0 Å². The van der Waals surface area contributed by atoms with E-state index in [0.717, 1.165) is 12.1 Å². The average Bonchev–Trinajstić information content (AvgIpc) is 2.83. The summed E-state index contributed by atoms with van der Waals surface area (Å²) in [5.41, 5.74) is -4.73. The number of ether oxygens (including phenoxy) is 1. The lowest BCUT2D eigenvalue weighted by atomic mass is 9.89. The fourth-order valence-corrected chi connectivity index (χ4v) is 4.51. The SMILES string of the molecule is C/C=C\c1cc(C(OCc2ccccc2)(C(F)(F)F)C(F)(F)F)ccc1N1CCN(C(=O)CBr)CC1. The fourth-order valence-electron chi connectivity index (χ4n) is 4.16. The molecule has 0 aromatic heterocycles. The number of alkyl halides is 7. The molecule has 0 unspecified atom stereocenters. The molecule has 1 saturated heterocycles. The van der Waals surface area contributed by atoms with Crippen molar-refractivity contribution in [1.82, 2.24) is 4.90 Å². The topological polar surface area (TPSA) is 32.8 Å². The number of halogens is 7. The van der Waals surface area contributed by atoms with E-state index >= 15 is 0 Å². The van der Waals surface area contributed by atoms with Gasteiger partial charge in [0.15, 0.2) is 0 Å². The Morgan fingerprint density at radius 3 is 2.11 bits per heavy atom. The average molecular weight is 579 g/mol. The van der Waals surface area contributed by atoms with Gasteiger partial charge in [-0.2, -0.15) is 26.3 Å². The number of anilines is 1. The maximum atomic E-state index is 14.3. The molecule has 196 valence electrons. The molecule has 0 radical (unpaired) electrons. The van der Waals surface area contributed by atoms with Gasteiger partial charge >= 0.3 is 12.4 Å². The normalized spacial score (nSPS) is 15.6. The van der Waals surface area contributed by atoms with Gasteiger partial charge in [0.25, 0.3) is 5.60 Å². The van der Waals surface area contributed by atoms with Crippen LogP contribution in [0.4, 0.5) is 32.0 Å². The van der Waals surface area contributed by atoms with Crippen LogP contribution < -0.4 is 4.90 Å². The van der Waals surface area contributed by atoms with Gasteiger partial charge in [0.2, 0.25) is 5.91 Å². The molecule has 2 aromatic rings. The van der Waals surface area contributed by atoms with Crippen molar-refractivity contribution in [2.75, 3.05) is 36.4 Å². The lowest BCUT2D eigenvalue weighted by Gasteiger charge is -2.39. The highest BCUT2D eigenvalue weighted by Gasteiger charge is 2.73. The summed E-state index contributed by atoms with van der Waals surface area (Å²) in [5.74, 6) is -0.0885. The molecule has 11 heteroatoms. The Morgan fingerprint density at radius 2 is 1.58 bits per heavy atom. The van der Waals surface area contributed by atoms with E-state index in [1.807, 2.05) is 4.90 Å². The third-order valence-corrected chi connectivity index (χ3v) is 6.44. The molecule has 1 aliphatic heterocycles. The number of rotatable bonds is 7. The molecule has 0 bridgehead atoms. The minimum absolute atomic E-state index is 0.0885. The molecule has 1 aliphatic rings. The number of carbonyl (C=O) groups excluding carboxylic acids is 1. The van der Waals surface area contributed by atoms with E-state index in [-0.39, 0.29) is 22.4 Å². The molecule has 0 N–H and O–H groups in total. The molecule has 36 heavy (non-hydrogen) atoms. The zero-order valence-corrected chi connectivity index (χ0v) is 21.0. The maximum absolute atomic E-state index is 14.3. The van der Waals surface area contributed by atoms with Crippen molar-refractivity contribution in [2.24, 2.45) is 0 Å². The number of hydrogen-bond acceptors (Lipinski definition) is 3. The molecule has 1 amide bonds. The van der Waals surface area contributed by atoms with Gasteiger partial charge in [-0.1, -0.05) is 64.5 Å². The molecule has 0 saturated carbocycles. The second kappa shape index (κ2) is 11.2. The largest absolute Gasteiger partial charge is 0.430 e. The van der Waals surface area contributed by atoms with Gasteiger partial charge in [0.05, 0.1) is 11.9 Å². The van der Waals surface area contributed by atoms with Crippen LogP contribution >= 0.6 is 15.9 Å². The van der Waals surface area contributed by atoms with Crippen molar-refractivity contribution in [2.45, 2.75) is 31.5 Å². The molecule has 0 aliphatic carbocycles. The standard InChI is InChI=1S/C25H25BrF6N2O2/c1-2-6-19-15-20(9-10-21(19)33-11-13-34(14-12-33)22(35)16-26)23(24(27,28)29,25(30,31)32)36-17-18-7-4-3-5-8-18/h2-10,15H,11-14,16-17H2,1H3/b6-2-. The third-order valence-electron chi connectivity index (χ3n) is 5.96. The summed E-state index contributed by atoms with van der Waals surface area (Å²) in [7, 11) is 0. The Kier molecular flexibility index (Phi) is 8.76. The van der Waals surface area contributed by atoms with Crippen LogP contribution in [-0.4, -0.2) is 54.7 Å². The monoisotopic (exact) mass is 578 g/mol. The first kappa shape index (κ1) is 28.0. The maximum Gasteiger partial charge on any atom is 0.430 e. The van der Waals surface area contributed by atoms with Crippen LogP contribution in [0.5, 0.6) is 0 Å². The minimum Gasteiger partial charge on any atom is -0.367 e. The Morgan fingerprint density at radius 1 is 0.972 bits per heavy atom. The van der Waals surface area contributed by atoms with Crippen LogP contribution in [-0.2, 0) is 21.7 Å². The summed E-state index contributed by atoms with van der Waals surface area (Å²) >= 11 is 3.12. The number of carbonyl (C=O) groups is 1. The van der Waals surface area contributed by atoms with Crippen LogP contribution in [0.3, 0.4) is 0 Å². The number of piperazine rings is 1. The molecule has 3 rings (SSSR count). The summed E-state index contributed by atoms with van der Waals surface area (Å²) < 4.78 is 90.4. The summed E-state index contributed by atoms with van der Waals surface area (Å²) in [5, 5.41) is 0.172. The van der Waals surface area contributed by atoms with Crippen LogP contribution in [0.1, 0.15) is 23.6 Å². The summed E-state index contributed by atoms with van der Waals surface area (Å²) in [6.45, 7) is 2.28. The summed E-state index contributed by atoms with van der Waals surface area (Å²) in [4.78, 5) is 15.4.